The Hall–Kier alpha value is -2.71. The maximum atomic E-state index is 12.9. The van der Waals surface area contributed by atoms with E-state index in [1.165, 1.54) is 31.2 Å². The minimum Gasteiger partial charge on any atom is -0.543 e. The number of hydrogen-bond donors (Lipinski definition) is 3. The summed E-state index contributed by atoms with van der Waals surface area (Å²) in [5.41, 5.74) is 8.14. The van der Waals surface area contributed by atoms with Crippen molar-refractivity contribution in [1.82, 2.24) is 35.5 Å². The van der Waals surface area contributed by atoms with Crippen LogP contribution in [-0.2, 0) is 24.0 Å². The minimum absolute atomic E-state index is 0. The first-order valence-electron chi connectivity index (χ1n) is 9.91. The average Bonchev–Trinajstić information content (AvgIpc) is 3.46. The first kappa shape index (κ1) is 28.9. The number of thioether (sulfide) groups is 2. The number of rotatable bonds is 9. The molecule has 0 spiro atoms. The van der Waals surface area contributed by atoms with Crippen molar-refractivity contribution in [2.24, 2.45) is 5.16 Å². The van der Waals surface area contributed by atoms with Gasteiger partial charge >= 0.3 is 29.6 Å². The van der Waals surface area contributed by atoms with Gasteiger partial charge in [-0.3, -0.25) is 19.3 Å². The Morgan fingerprint density at radius 3 is 2.78 bits per heavy atom. The standard InChI is InChI=1S/C17H18N10O6S3.Na/c1-6(28)22-27-17(21-24-25-27)36-4-7-3-34-14-10(13(30)26(14)11(7)15(31)32)20-12(29)9(23-33-2)8-5-35-16(18)19-8;/h5,10,14H,3-4H2,1-2H3,(H2,18,19)(H,20,29)(H,22,28)(H,31,32);/q;+1/p-1/b23-9-;/t10-,14+;/m1./s1. The van der Waals surface area contributed by atoms with Gasteiger partial charge in [-0.05, 0) is 16.0 Å². The Morgan fingerprint density at radius 2 is 2.16 bits per heavy atom. The molecule has 2 aromatic rings. The summed E-state index contributed by atoms with van der Waals surface area (Å²) >= 11 is 3.44. The molecular weight excluding hydrogens is 559 g/mol. The number of hydrogen-bond acceptors (Lipinski definition) is 15. The van der Waals surface area contributed by atoms with Crippen molar-refractivity contribution in [1.29, 1.82) is 0 Å². The van der Waals surface area contributed by atoms with Gasteiger partial charge < -0.3 is 25.8 Å². The number of nitrogens with zero attached hydrogens (tertiary/aromatic N) is 7. The quantitative estimate of drug-likeness (QED) is 0.0833. The molecule has 2 aromatic heterocycles. The van der Waals surface area contributed by atoms with Crippen LogP contribution in [0.25, 0.3) is 0 Å². The number of carbonyl (C=O) groups is 4. The summed E-state index contributed by atoms with van der Waals surface area (Å²) < 4.78 is 0. The molecule has 2 aliphatic heterocycles. The van der Waals surface area contributed by atoms with E-state index in [-0.39, 0.29) is 68.5 Å². The third kappa shape index (κ3) is 6.07. The first-order valence-corrected chi connectivity index (χ1v) is 12.8. The summed E-state index contributed by atoms with van der Waals surface area (Å²) in [7, 11) is 1.25. The number of carboxylic acids is 1. The Labute approximate surface area is 243 Å². The van der Waals surface area contributed by atoms with Crippen molar-refractivity contribution >= 4 is 69.4 Å². The van der Waals surface area contributed by atoms with E-state index in [4.69, 9.17) is 10.6 Å². The zero-order valence-electron chi connectivity index (χ0n) is 19.5. The van der Waals surface area contributed by atoms with Gasteiger partial charge in [-0.15, -0.1) is 27.9 Å². The number of fused-ring (bicyclic) bond motifs is 1. The largest absolute Gasteiger partial charge is 1.00 e. The second-order valence-electron chi connectivity index (χ2n) is 7.12. The fourth-order valence-corrected chi connectivity index (χ4v) is 6.19. The van der Waals surface area contributed by atoms with Crippen LogP contribution in [0, 0.1) is 0 Å². The number of tetrazole rings is 1. The minimum atomic E-state index is -1.53. The van der Waals surface area contributed by atoms with Crippen molar-refractivity contribution in [2.45, 2.75) is 23.5 Å². The van der Waals surface area contributed by atoms with E-state index >= 15 is 0 Å². The molecule has 1 fully saturated rings. The second kappa shape index (κ2) is 12.2. The molecule has 0 saturated carbocycles. The van der Waals surface area contributed by atoms with Crippen LogP contribution in [0.2, 0.25) is 0 Å². The molecule has 0 unspecified atom stereocenters. The van der Waals surface area contributed by atoms with Gasteiger partial charge in [0.15, 0.2) is 10.8 Å². The van der Waals surface area contributed by atoms with Crippen molar-refractivity contribution in [2.75, 3.05) is 29.8 Å². The molecule has 1 saturated heterocycles. The van der Waals surface area contributed by atoms with E-state index in [0.29, 0.717) is 5.57 Å². The zero-order chi connectivity index (χ0) is 26.0. The van der Waals surface area contributed by atoms with Gasteiger partial charge in [-0.2, -0.15) is 0 Å². The van der Waals surface area contributed by atoms with Gasteiger partial charge in [0, 0.05) is 23.8 Å². The summed E-state index contributed by atoms with van der Waals surface area (Å²) in [6.45, 7) is 1.28. The molecular formula is C17H17N10NaO6S3. The molecule has 37 heavy (non-hydrogen) atoms. The SMILES string of the molecule is CO/N=C(\C(=O)N[C@@H]1C(=O)N2C(C(=O)[O-])=C(CSc3nnnn3NC(C)=O)CS[C@@H]12)c1csc(N)n1.[Na+]. The molecule has 3 amide bonds. The Morgan fingerprint density at radius 1 is 1.41 bits per heavy atom. The maximum absolute atomic E-state index is 12.9. The van der Waals surface area contributed by atoms with E-state index in [1.54, 1.807) is 0 Å². The second-order valence-corrected chi connectivity index (χ2v) is 10.1. The number of nitrogens with one attached hydrogen (secondary N) is 2. The van der Waals surface area contributed by atoms with Crippen LogP contribution in [0.5, 0.6) is 0 Å². The monoisotopic (exact) mass is 576 g/mol. The number of amides is 3. The summed E-state index contributed by atoms with van der Waals surface area (Å²) in [6.07, 6.45) is 0. The van der Waals surface area contributed by atoms with Crippen molar-refractivity contribution in [3.8, 4) is 0 Å². The fourth-order valence-electron chi connectivity index (χ4n) is 3.32. The molecule has 4 rings (SSSR count). The van der Waals surface area contributed by atoms with Crippen LogP contribution in [0.1, 0.15) is 12.6 Å². The van der Waals surface area contributed by atoms with Crippen LogP contribution < -0.4 is 51.1 Å². The van der Waals surface area contributed by atoms with Crippen molar-refractivity contribution in [3.63, 3.8) is 0 Å². The van der Waals surface area contributed by atoms with E-state index in [0.717, 1.165) is 32.8 Å². The van der Waals surface area contributed by atoms with Gasteiger partial charge in [-0.25, -0.2) is 10.4 Å². The Kier molecular flexibility index (Phi) is 9.53. The topological polar surface area (TPSA) is 223 Å². The van der Waals surface area contributed by atoms with Gasteiger partial charge in [0.1, 0.15) is 24.2 Å². The molecule has 2 aliphatic rings. The first-order chi connectivity index (χ1) is 17.2. The van der Waals surface area contributed by atoms with E-state index in [9.17, 15) is 24.3 Å². The number of carboxylic acid groups (broad SMARTS) is 1. The normalized spacial score (nSPS) is 18.9. The number of oxime groups is 1. The zero-order valence-corrected chi connectivity index (χ0v) is 24.0. The van der Waals surface area contributed by atoms with Gasteiger partial charge in [0.2, 0.25) is 11.1 Å². The van der Waals surface area contributed by atoms with Crippen molar-refractivity contribution in [3.05, 3.63) is 22.3 Å². The van der Waals surface area contributed by atoms with Gasteiger partial charge in [-0.1, -0.05) is 22.0 Å². The molecule has 2 atom stereocenters. The van der Waals surface area contributed by atoms with Gasteiger partial charge in [0.25, 0.3) is 11.8 Å². The third-order valence-corrected chi connectivity index (χ3v) is 7.79. The summed E-state index contributed by atoms with van der Waals surface area (Å²) in [6, 6.07) is -1.00. The van der Waals surface area contributed by atoms with E-state index in [1.807, 2.05) is 0 Å². The maximum Gasteiger partial charge on any atom is 1.00 e. The number of nitrogens with two attached hydrogens (primary N) is 1. The molecule has 0 aliphatic carbocycles. The van der Waals surface area contributed by atoms with Crippen LogP contribution in [0.4, 0.5) is 5.13 Å². The Bertz CT molecular complexity index is 1300. The number of nitrogen functional groups attached to an aromatic ring is 1. The summed E-state index contributed by atoms with van der Waals surface area (Å²) in [4.78, 5) is 59.8. The molecule has 0 bridgehead atoms. The van der Waals surface area contributed by atoms with Crippen LogP contribution >= 0.6 is 34.9 Å². The fraction of sp³-hybridized carbons (Fsp3) is 0.353. The number of β-lactam (4-membered cyclic amide) rings is 1. The van der Waals surface area contributed by atoms with E-state index in [2.05, 4.69) is 36.4 Å². The molecule has 190 valence electrons. The van der Waals surface area contributed by atoms with Crippen LogP contribution in [0.15, 0.2) is 27.0 Å². The number of carbonyl (C=O) groups excluding carboxylic acids is 4. The number of aliphatic carboxylic acids is 1. The summed E-state index contributed by atoms with van der Waals surface area (Å²) in [5.74, 6) is -2.94. The summed E-state index contributed by atoms with van der Waals surface area (Å²) in [5, 5.41) is 30.4. The van der Waals surface area contributed by atoms with Crippen LogP contribution in [-0.4, -0.2) is 89.6 Å². The third-order valence-electron chi connectivity index (χ3n) is 4.77. The molecule has 16 nitrogen and oxygen atoms in total. The molecule has 20 heteroatoms. The predicted molar refractivity (Wildman–Crippen MR) is 126 cm³/mol. The van der Waals surface area contributed by atoms with Crippen molar-refractivity contribution < 1.29 is 58.7 Å². The number of aromatic nitrogens is 5. The number of anilines is 1. The Balaban J connectivity index is 0.00000380. The predicted octanol–water partition coefficient (Wildman–Crippen LogP) is -5.65. The smallest absolute Gasteiger partial charge is 0.543 e. The molecule has 0 aromatic carbocycles. The van der Waals surface area contributed by atoms with E-state index < -0.39 is 35.1 Å². The molecule has 4 N–H and O–H groups in total. The average molecular weight is 577 g/mol. The van der Waals surface area contributed by atoms with Gasteiger partial charge in [0.05, 0.1) is 11.7 Å². The molecule has 0 radical (unpaired) electrons. The van der Waals surface area contributed by atoms with Crippen LogP contribution in [0.3, 0.4) is 0 Å². The number of thiazole rings is 1. The molecule has 4 heterocycles.